The van der Waals surface area contributed by atoms with Gasteiger partial charge in [-0.15, -0.1) is 11.8 Å². The summed E-state index contributed by atoms with van der Waals surface area (Å²) in [7, 11) is 0. The van der Waals surface area contributed by atoms with Crippen LogP contribution in [0.3, 0.4) is 0 Å². The SMILES string of the molecule is Cc1nn(-c2nc3c(s2)SC(C)c2cc(Cl)c(Cl)cc2-3)c(C(=O)N2CCC(CN)CC2)c1-c1cc(C(F)(F)F)cc(C(F)(F)F)c1. The molecule has 1 amide bonds. The Kier molecular flexibility index (Phi) is 8.67. The number of thiazole rings is 1. The fourth-order valence-electron chi connectivity index (χ4n) is 5.79. The summed E-state index contributed by atoms with van der Waals surface area (Å²) in [5.74, 6) is -0.389. The Morgan fingerprint density at radius 2 is 1.61 bits per heavy atom. The molecule has 0 radical (unpaired) electrons. The van der Waals surface area contributed by atoms with E-state index in [4.69, 9.17) is 33.9 Å². The van der Waals surface area contributed by atoms with Crippen LogP contribution in [0.5, 0.6) is 0 Å². The molecule has 46 heavy (non-hydrogen) atoms. The van der Waals surface area contributed by atoms with E-state index in [0.717, 1.165) is 15.3 Å². The van der Waals surface area contributed by atoms with Crippen LogP contribution in [0.1, 0.15) is 57.9 Å². The van der Waals surface area contributed by atoms with Crippen molar-refractivity contribution in [3.8, 4) is 27.5 Å². The molecular formula is C30H25Cl2F6N5OS2. The number of carbonyl (C=O) groups excluding carboxylic acids is 1. The minimum atomic E-state index is -5.08. The van der Waals surface area contributed by atoms with E-state index >= 15 is 0 Å². The van der Waals surface area contributed by atoms with Crippen molar-refractivity contribution >= 4 is 52.2 Å². The molecule has 2 aliphatic heterocycles. The van der Waals surface area contributed by atoms with Gasteiger partial charge in [-0.25, -0.2) is 4.98 Å². The number of alkyl halides is 6. The maximum Gasteiger partial charge on any atom is 0.416 e. The summed E-state index contributed by atoms with van der Waals surface area (Å²) in [5.41, 5.74) is 4.35. The molecule has 16 heteroatoms. The first-order valence-electron chi connectivity index (χ1n) is 14.1. The van der Waals surface area contributed by atoms with Crippen molar-refractivity contribution in [2.24, 2.45) is 11.7 Å². The van der Waals surface area contributed by atoms with Crippen LogP contribution in [0.25, 0.3) is 27.5 Å². The molecule has 0 spiro atoms. The summed E-state index contributed by atoms with van der Waals surface area (Å²) in [4.78, 5) is 20.6. The van der Waals surface area contributed by atoms with Crippen LogP contribution in [-0.4, -0.2) is 45.2 Å². The van der Waals surface area contributed by atoms with E-state index in [-0.39, 0.29) is 39.3 Å². The number of hydrogen-bond donors (Lipinski definition) is 1. The molecule has 2 N–H and O–H groups in total. The summed E-state index contributed by atoms with van der Waals surface area (Å²) in [5, 5.41) is 5.41. The molecule has 2 aromatic carbocycles. The zero-order chi connectivity index (χ0) is 33.3. The number of hydrogen-bond acceptors (Lipinski definition) is 6. The molecule has 1 unspecified atom stereocenters. The molecule has 6 rings (SSSR count). The fourth-order valence-corrected chi connectivity index (χ4v) is 8.66. The van der Waals surface area contributed by atoms with Crippen LogP contribution >= 0.6 is 46.3 Å². The summed E-state index contributed by atoms with van der Waals surface area (Å²) in [6.07, 6.45) is -8.94. The number of fused-ring (bicyclic) bond motifs is 3. The molecule has 1 fully saturated rings. The van der Waals surface area contributed by atoms with Crippen LogP contribution in [0.15, 0.2) is 34.5 Å². The lowest BCUT2D eigenvalue weighted by atomic mass is 9.95. The standard InChI is InChI=1S/C30H25Cl2F6N5OS2/c1-13-23(16-7-17(29(33,34)35)9-18(8-16)30(36,37)38)25(26(44)42-5-3-15(12-39)4-6-42)43(41-13)28-40-24-20-11-22(32)21(31)10-19(20)14(2)45-27(24)46-28/h7-11,14-15H,3-6,12,39H2,1-2H3. The number of halogens is 8. The summed E-state index contributed by atoms with van der Waals surface area (Å²) in [6, 6.07) is 4.76. The molecule has 1 atom stereocenters. The van der Waals surface area contributed by atoms with Crippen LogP contribution in [0.2, 0.25) is 10.0 Å². The summed E-state index contributed by atoms with van der Waals surface area (Å²) in [6.45, 7) is 4.49. The Bertz CT molecular complexity index is 1810. The van der Waals surface area contributed by atoms with Crippen molar-refractivity contribution in [2.75, 3.05) is 19.6 Å². The van der Waals surface area contributed by atoms with Crippen LogP contribution in [0.4, 0.5) is 26.3 Å². The van der Waals surface area contributed by atoms with E-state index < -0.39 is 35.0 Å². The number of aryl methyl sites for hydroxylation is 1. The van der Waals surface area contributed by atoms with Gasteiger partial charge in [0.1, 0.15) is 5.69 Å². The molecule has 0 saturated carbocycles. The van der Waals surface area contributed by atoms with Gasteiger partial charge in [-0.1, -0.05) is 34.5 Å². The number of nitrogens with two attached hydrogens (primary N) is 1. The van der Waals surface area contributed by atoms with Gasteiger partial charge in [0.25, 0.3) is 5.91 Å². The van der Waals surface area contributed by atoms with Gasteiger partial charge < -0.3 is 10.6 Å². The number of amides is 1. The van der Waals surface area contributed by atoms with Crippen molar-refractivity contribution in [1.29, 1.82) is 0 Å². The third-order valence-corrected chi connectivity index (χ3v) is 11.3. The highest BCUT2D eigenvalue weighted by atomic mass is 35.5. The third kappa shape index (κ3) is 6.02. The number of aromatic nitrogens is 3. The summed E-state index contributed by atoms with van der Waals surface area (Å²) < 4.78 is 85.3. The van der Waals surface area contributed by atoms with Gasteiger partial charge >= 0.3 is 12.4 Å². The highest BCUT2D eigenvalue weighted by molar-refractivity contribution is 8.01. The Morgan fingerprint density at radius 1 is 1.00 bits per heavy atom. The second-order valence-electron chi connectivity index (χ2n) is 11.2. The van der Waals surface area contributed by atoms with Gasteiger partial charge in [-0.05, 0) is 80.6 Å². The number of benzene rings is 2. The van der Waals surface area contributed by atoms with Crippen molar-refractivity contribution in [3.05, 3.63) is 68.5 Å². The normalized spacial score (nSPS) is 17.3. The number of likely N-dealkylation sites (tertiary alicyclic amines) is 1. The van der Waals surface area contributed by atoms with Crippen molar-refractivity contribution < 1.29 is 31.1 Å². The largest absolute Gasteiger partial charge is 0.416 e. The lowest BCUT2D eigenvalue weighted by molar-refractivity contribution is -0.143. The van der Waals surface area contributed by atoms with Crippen molar-refractivity contribution in [3.63, 3.8) is 0 Å². The van der Waals surface area contributed by atoms with E-state index in [0.29, 0.717) is 60.3 Å². The first kappa shape index (κ1) is 33.1. The van der Waals surface area contributed by atoms with Gasteiger partial charge in [-0.3, -0.25) is 4.79 Å². The Balaban J connectivity index is 1.56. The zero-order valence-electron chi connectivity index (χ0n) is 24.2. The molecule has 4 heterocycles. The van der Waals surface area contributed by atoms with Gasteiger partial charge in [0.2, 0.25) is 5.13 Å². The maximum absolute atomic E-state index is 14.3. The van der Waals surface area contributed by atoms with Gasteiger partial charge in [-0.2, -0.15) is 36.1 Å². The van der Waals surface area contributed by atoms with E-state index in [1.54, 1.807) is 12.1 Å². The number of piperidine rings is 1. The average molecular weight is 721 g/mol. The highest BCUT2D eigenvalue weighted by Gasteiger charge is 2.39. The number of carbonyl (C=O) groups is 1. The quantitative estimate of drug-likeness (QED) is 0.213. The van der Waals surface area contributed by atoms with Gasteiger partial charge in [0.05, 0.1) is 36.8 Å². The molecule has 6 nitrogen and oxygen atoms in total. The second kappa shape index (κ2) is 12.0. The zero-order valence-corrected chi connectivity index (χ0v) is 27.3. The summed E-state index contributed by atoms with van der Waals surface area (Å²) >= 11 is 15.3. The topological polar surface area (TPSA) is 77.0 Å². The van der Waals surface area contributed by atoms with Gasteiger partial charge in [0.15, 0.2) is 0 Å². The molecule has 0 bridgehead atoms. The predicted octanol–water partition coefficient (Wildman–Crippen LogP) is 9.29. The smallest absolute Gasteiger partial charge is 0.337 e. The number of rotatable bonds is 4. The monoisotopic (exact) mass is 719 g/mol. The van der Waals surface area contributed by atoms with E-state index in [9.17, 15) is 31.1 Å². The molecule has 4 aromatic rings. The predicted molar refractivity (Wildman–Crippen MR) is 167 cm³/mol. The molecule has 2 aliphatic rings. The minimum Gasteiger partial charge on any atom is -0.337 e. The van der Waals surface area contributed by atoms with Gasteiger partial charge in [0, 0.05) is 29.5 Å². The van der Waals surface area contributed by atoms with E-state index in [1.807, 2.05) is 6.92 Å². The van der Waals surface area contributed by atoms with E-state index in [2.05, 4.69) is 5.10 Å². The number of thioether (sulfide) groups is 1. The maximum atomic E-state index is 14.3. The Morgan fingerprint density at radius 3 is 2.20 bits per heavy atom. The second-order valence-corrected chi connectivity index (χ2v) is 14.6. The third-order valence-electron chi connectivity index (χ3n) is 8.21. The van der Waals surface area contributed by atoms with E-state index in [1.165, 1.54) is 39.6 Å². The van der Waals surface area contributed by atoms with Crippen LogP contribution < -0.4 is 5.73 Å². The van der Waals surface area contributed by atoms with Crippen molar-refractivity contribution in [2.45, 2.75) is 48.5 Å². The Labute approximate surface area is 277 Å². The Hall–Kier alpha value is -2.78. The average Bonchev–Trinajstić information content (AvgIpc) is 3.57. The molecule has 1 saturated heterocycles. The first-order chi connectivity index (χ1) is 21.6. The molecule has 2 aromatic heterocycles. The highest BCUT2D eigenvalue weighted by Crippen LogP contribution is 2.53. The molecule has 244 valence electrons. The number of nitrogens with zero attached hydrogens (tertiary/aromatic N) is 4. The fraction of sp³-hybridized carbons (Fsp3) is 0.367. The lowest BCUT2D eigenvalue weighted by Gasteiger charge is -2.31. The van der Waals surface area contributed by atoms with Crippen molar-refractivity contribution in [1.82, 2.24) is 19.7 Å². The molecular weight excluding hydrogens is 695 g/mol. The molecule has 0 aliphatic carbocycles. The lowest BCUT2D eigenvalue weighted by Crippen LogP contribution is -2.41. The van der Waals surface area contributed by atoms with Crippen LogP contribution in [-0.2, 0) is 12.4 Å². The first-order valence-corrected chi connectivity index (χ1v) is 16.6. The minimum absolute atomic E-state index is 0.0312. The van der Waals surface area contributed by atoms with Crippen LogP contribution in [0, 0.1) is 12.8 Å².